The van der Waals surface area contributed by atoms with Gasteiger partial charge in [-0.2, -0.15) is 4.98 Å². The maximum Gasteiger partial charge on any atom is 0.354 e. The lowest BCUT2D eigenvalue weighted by Gasteiger charge is -2.31. The van der Waals surface area contributed by atoms with Crippen molar-refractivity contribution in [2.24, 2.45) is 0 Å². The number of methoxy groups -OCH3 is 1. The number of hydrogen-bond donors (Lipinski definition) is 4. The molecule has 20 heavy (non-hydrogen) atoms. The summed E-state index contributed by atoms with van der Waals surface area (Å²) in [5, 5.41) is 28.8. The molecule has 0 unspecified atom stereocenters. The minimum absolute atomic E-state index is 0.530. The molecule has 0 aliphatic carbocycles. The fourth-order valence-corrected chi connectivity index (χ4v) is 2.06. The summed E-state index contributed by atoms with van der Waals surface area (Å²) in [5.41, 5.74) is 4.11. The Morgan fingerprint density at radius 3 is 2.80 bits per heavy atom. The lowest BCUT2D eigenvalue weighted by atomic mass is 10.1. The molecule has 112 valence electrons. The number of ether oxygens (including phenoxy) is 2. The lowest BCUT2D eigenvalue weighted by molar-refractivity contribution is -0.306. The van der Waals surface area contributed by atoms with Crippen molar-refractivity contribution in [1.29, 1.82) is 0 Å². The fraction of sp³-hybridized carbons (Fsp3) is 0.600. The number of rotatable bonds is 3. The Hall–Kier alpha value is -1.59. The maximum atomic E-state index is 13.5. The predicted molar refractivity (Wildman–Crippen MR) is 61.8 cm³/mol. The van der Waals surface area contributed by atoms with E-state index in [1.165, 1.54) is 0 Å². The van der Waals surface area contributed by atoms with Gasteiger partial charge in [-0.3, -0.25) is 0 Å². The number of hydrogen-bond acceptors (Lipinski definition) is 8. The van der Waals surface area contributed by atoms with Gasteiger partial charge in [0.25, 0.3) is 5.91 Å². The Morgan fingerprint density at radius 2 is 2.30 bits per heavy atom. The molecule has 0 bridgehead atoms. The van der Waals surface area contributed by atoms with Gasteiger partial charge in [0.05, 0.1) is 12.8 Å². The number of aromatic nitrogens is 2. The summed E-state index contributed by atoms with van der Waals surface area (Å²) in [4.78, 5) is 15.0. The first kappa shape index (κ1) is 14.8. The monoisotopic (exact) mass is 291 g/mol. The Bertz CT molecular complexity index is 566. The van der Waals surface area contributed by atoms with E-state index in [1.54, 1.807) is 0 Å². The number of anilines is 1. The minimum Gasteiger partial charge on any atom is -0.394 e. The van der Waals surface area contributed by atoms with Crippen LogP contribution in [0.2, 0.25) is 0 Å². The smallest absolute Gasteiger partial charge is 0.354 e. The molecule has 2 rings (SSSR count). The second-order valence-electron chi connectivity index (χ2n) is 4.24. The van der Waals surface area contributed by atoms with Gasteiger partial charge in [0.15, 0.2) is 17.7 Å². The van der Waals surface area contributed by atoms with Gasteiger partial charge < -0.3 is 30.5 Å². The molecule has 1 aliphatic rings. The molecule has 5 N–H and O–H groups in total. The normalized spacial score (nSPS) is 33.5. The summed E-state index contributed by atoms with van der Waals surface area (Å²) in [6, 6.07) is 0. The van der Waals surface area contributed by atoms with Crippen LogP contribution in [0, 0.1) is 5.82 Å². The van der Waals surface area contributed by atoms with Crippen LogP contribution in [0.5, 0.6) is 0 Å². The van der Waals surface area contributed by atoms with E-state index in [0.29, 0.717) is 10.8 Å². The second kappa shape index (κ2) is 5.07. The zero-order valence-corrected chi connectivity index (χ0v) is 10.4. The summed E-state index contributed by atoms with van der Waals surface area (Å²) in [6.45, 7) is -0.636. The SMILES string of the molecule is CO[C@@]1(n2cc(F)c(N)nc2=O)O[C@H](CO)[C@@H](O)[C@H]1O. The third-order valence-corrected chi connectivity index (χ3v) is 3.12. The summed E-state index contributed by atoms with van der Waals surface area (Å²) in [7, 11) is 1.08. The van der Waals surface area contributed by atoms with Crippen molar-refractivity contribution >= 4 is 5.82 Å². The van der Waals surface area contributed by atoms with Gasteiger partial charge in [-0.25, -0.2) is 13.8 Å². The van der Waals surface area contributed by atoms with Gasteiger partial charge in [0.2, 0.25) is 0 Å². The topological polar surface area (TPSA) is 140 Å². The first-order valence-corrected chi connectivity index (χ1v) is 5.62. The molecular weight excluding hydrogens is 277 g/mol. The van der Waals surface area contributed by atoms with Crippen LogP contribution < -0.4 is 11.4 Å². The van der Waals surface area contributed by atoms with E-state index >= 15 is 0 Å². The highest BCUT2D eigenvalue weighted by atomic mass is 19.1. The van der Waals surface area contributed by atoms with Crippen LogP contribution in [0.4, 0.5) is 10.2 Å². The first-order valence-electron chi connectivity index (χ1n) is 5.62. The molecule has 0 spiro atoms. The number of nitrogens with zero attached hydrogens (tertiary/aromatic N) is 2. The standard InChI is InChI=1S/C10H14FN3O6/c1-19-10(7(17)6(16)5(3-15)20-10)14-2-4(11)8(12)13-9(14)18/h2,5-7,15-17H,3H2,1H3,(H2,12,13,18)/t5-,6-,7-,10-/m1/s1. The Morgan fingerprint density at radius 1 is 1.65 bits per heavy atom. The molecule has 0 saturated carbocycles. The summed E-state index contributed by atoms with van der Waals surface area (Å²) >= 11 is 0. The lowest BCUT2D eigenvalue weighted by Crippen LogP contribution is -2.52. The minimum atomic E-state index is -2.20. The Labute approximate surface area is 112 Å². The van der Waals surface area contributed by atoms with Gasteiger partial charge in [0, 0.05) is 7.11 Å². The average Bonchev–Trinajstić information content (AvgIpc) is 2.68. The van der Waals surface area contributed by atoms with E-state index in [9.17, 15) is 19.4 Å². The van der Waals surface area contributed by atoms with Crippen LogP contribution in [0.1, 0.15) is 0 Å². The highest BCUT2D eigenvalue weighted by Crippen LogP contribution is 2.35. The van der Waals surface area contributed by atoms with Crippen molar-refractivity contribution in [1.82, 2.24) is 9.55 Å². The second-order valence-corrected chi connectivity index (χ2v) is 4.24. The van der Waals surface area contributed by atoms with E-state index in [-0.39, 0.29) is 0 Å². The van der Waals surface area contributed by atoms with Crippen molar-refractivity contribution in [3.63, 3.8) is 0 Å². The van der Waals surface area contributed by atoms with E-state index in [1.807, 2.05) is 0 Å². The summed E-state index contributed by atoms with van der Waals surface area (Å²) < 4.78 is 24.1. The molecule has 2 heterocycles. The maximum absolute atomic E-state index is 13.5. The number of nitrogens with two attached hydrogens (primary N) is 1. The zero-order chi connectivity index (χ0) is 15.1. The van der Waals surface area contributed by atoms with Gasteiger partial charge in [-0.05, 0) is 0 Å². The van der Waals surface area contributed by atoms with Crippen molar-refractivity contribution in [2.75, 3.05) is 19.5 Å². The number of nitrogen functional groups attached to an aromatic ring is 1. The molecule has 1 aromatic rings. The van der Waals surface area contributed by atoms with Crippen LogP contribution in [-0.4, -0.2) is 56.9 Å². The summed E-state index contributed by atoms with van der Waals surface area (Å²) in [5.74, 6) is -3.85. The number of halogens is 1. The summed E-state index contributed by atoms with van der Waals surface area (Å²) in [6.07, 6.45) is -3.85. The van der Waals surface area contributed by atoms with Gasteiger partial charge in [-0.1, -0.05) is 0 Å². The van der Waals surface area contributed by atoms with Crippen LogP contribution in [0.3, 0.4) is 0 Å². The third kappa shape index (κ3) is 1.98. The fourth-order valence-electron chi connectivity index (χ4n) is 2.06. The van der Waals surface area contributed by atoms with Crippen molar-refractivity contribution in [3.8, 4) is 0 Å². The largest absolute Gasteiger partial charge is 0.394 e. The highest BCUT2D eigenvalue weighted by molar-refractivity contribution is 5.26. The van der Waals surface area contributed by atoms with Crippen LogP contribution in [0.25, 0.3) is 0 Å². The molecule has 1 aliphatic heterocycles. The van der Waals surface area contributed by atoms with Gasteiger partial charge >= 0.3 is 5.69 Å². The molecule has 4 atom stereocenters. The molecule has 9 nitrogen and oxygen atoms in total. The van der Waals surface area contributed by atoms with E-state index in [4.69, 9.17) is 20.3 Å². The van der Waals surface area contributed by atoms with Crippen LogP contribution in [0.15, 0.2) is 11.0 Å². The van der Waals surface area contributed by atoms with E-state index in [2.05, 4.69) is 4.98 Å². The van der Waals surface area contributed by atoms with E-state index < -0.39 is 48.2 Å². The first-order chi connectivity index (χ1) is 9.37. The molecule has 1 aromatic heterocycles. The van der Waals surface area contributed by atoms with E-state index in [0.717, 1.165) is 7.11 Å². The third-order valence-electron chi connectivity index (χ3n) is 3.12. The van der Waals surface area contributed by atoms with Gasteiger partial charge in [-0.15, -0.1) is 0 Å². The Kier molecular flexibility index (Phi) is 3.75. The molecule has 10 heteroatoms. The molecule has 1 saturated heterocycles. The van der Waals surface area contributed by atoms with Crippen LogP contribution in [-0.2, 0) is 15.4 Å². The van der Waals surface area contributed by atoms with Crippen molar-refractivity contribution in [2.45, 2.75) is 24.2 Å². The van der Waals surface area contributed by atoms with Crippen LogP contribution >= 0.6 is 0 Å². The highest BCUT2D eigenvalue weighted by Gasteiger charge is 2.57. The zero-order valence-electron chi connectivity index (χ0n) is 10.4. The molecule has 0 amide bonds. The van der Waals surface area contributed by atoms with Crippen molar-refractivity contribution in [3.05, 3.63) is 22.5 Å². The molecule has 0 radical (unpaired) electrons. The van der Waals surface area contributed by atoms with Gasteiger partial charge in [0.1, 0.15) is 12.2 Å². The number of aliphatic hydroxyl groups is 3. The molecule has 1 fully saturated rings. The van der Waals surface area contributed by atoms with Crippen molar-refractivity contribution < 1.29 is 29.2 Å². The Balaban J connectivity index is 2.58. The number of aliphatic hydroxyl groups excluding tert-OH is 3. The predicted octanol–water partition coefficient (Wildman–Crippen LogP) is -2.67. The molecule has 0 aromatic carbocycles. The molecular formula is C10H14FN3O6. The quantitative estimate of drug-likeness (QED) is 0.473. The average molecular weight is 291 g/mol.